The van der Waals surface area contributed by atoms with Crippen LogP contribution in [-0.2, 0) is 9.53 Å². The predicted molar refractivity (Wildman–Crippen MR) is 67.7 cm³/mol. The largest absolute Gasteiger partial charge is 0.462 e. The molecular formula is C14H26O3. The third-order valence-electron chi connectivity index (χ3n) is 3.41. The van der Waals surface area contributed by atoms with E-state index >= 15 is 0 Å². The Morgan fingerprint density at radius 2 is 2.12 bits per heavy atom. The molecule has 0 aromatic rings. The molecule has 1 rings (SSSR count). The molecule has 100 valence electrons. The van der Waals surface area contributed by atoms with Gasteiger partial charge in [-0.2, -0.15) is 0 Å². The first-order chi connectivity index (χ1) is 8.22. The molecule has 3 heteroatoms. The van der Waals surface area contributed by atoms with E-state index < -0.39 is 0 Å². The maximum Gasteiger partial charge on any atom is 0.306 e. The van der Waals surface area contributed by atoms with Crippen molar-refractivity contribution < 1.29 is 14.6 Å². The van der Waals surface area contributed by atoms with Gasteiger partial charge in [0.1, 0.15) is 6.10 Å². The first kappa shape index (κ1) is 14.5. The fourth-order valence-corrected chi connectivity index (χ4v) is 2.34. The molecule has 1 saturated heterocycles. The van der Waals surface area contributed by atoms with Crippen molar-refractivity contribution in [2.45, 2.75) is 83.3 Å². The second-order valence-corrected chi connectivity index (χ2v) is 5.08. The van der Waals surface area contributed by atoms with Gasteiger partial charge in [0.25, 0.3) is 0 Å². The lowest BCUT2D eigenvalue weighted by Gasteiger charge is -2.22. The van der Waals surface area contributed by atoms with Gasteiger partial charge in [0.2, 0.25) is 0 Å². The van der Waals surface area contributed by atoms with Crippen molar-refractivity contribution in [2.24, 2.45) is 0 Å². The van der Waals surface area contributed by atoms with E-state index in [1.54, 1.807) is 0 Å². The number of cyclic esters (lactones) is 1. The molecule has 0 saturated carbocycles. The van der Waals surface area contributed by atoms with Crippen molar-refractivity contribution >= 4 is 5.97 Å². The highest BCUT2D eigenvalue weighted by molar-refractivity contribution is 5.70. The summed E-state index contributed by atoms with van der Waals surface area (Å²) in [5.74, 6) is -0.0512. The number of hydrogen-bond donors (Lipinski definition) is 1. The molecule has 1 aliphatic rings. The van der Waals surface area contributed by atoms with E-state index in [0.717, 1.165) is 44.9 Å². The second kappa shape index (κ2) is 8.51. The van der Waals surface area contributed by atoms with Gasteiger partial charge in [0.15, 0.2) is 0 Å². The molecule has 3 nitrogen and oxygen atoms in total. The fourth-order valence-electron chi connectivity index (χ4n) is 2.34. The van der Waals surface area contributed by atoms with Crippen LogP contribution in [0.25, 0.3) is 0 Å². The van der Waals surface area contributed by atoms with Gasteiger partial charge < -0.3 is 9.84 Å². The SMILES string of the molecule is CCCCCC(O)CCCC1CCCC(=O)O1. The molecule has 17 heavy (non-hydrogen) atoms. The molecule has 1 N–H and O–H groups in total. The van der Waals surface area contributed by atoms with E-state index in [9.17, 15) is 9.90 Å². The number of rotatable bonds is 8. The van der Waals surface area contributed by atoms with Crippen LogP contribution in [-0.4, -0.2) is 23.3 Å². The summed E-state index contributed by atoms with van der Waals surface area (Å²) in [5.41, 5.74) is 0. The Bertz CT molecular complexity index is 216. The normalized spacial score (nSPS) is 22.2. The first-order valence-corrected chi connectivity index (χ1v) is 7.10. The van der Waals surface area contributed by atoms with E-state index in [4.69, 9.17) is 4.74 Å². The topological polar surface area (TPSA) is 46.5 Å². The van der Waals surface area contributed by atoms with Crippen molar-refractivity contribution in [3.05, 3.63) is 0 Å². The van der Waals surface area contributed by atoms with E-state index in [1.165, 1.54) is 12.8 Å². The lowest BCUT2D eigenvalue weighted by Crippen LogP contribution is -2.23. The summed E-state index contributed by atoms with van der Waals surface area (Å²) in [6, 6.07) is 0. The van der Waals surface area contributed by atoms with Crippen molar-refractivity contribution in [1.82, 2.24) is 0 Å². The molecule has 0 aromatic heterocycles. The maximum absolute atomic E-state index is 11.1. The van der Waals surface area contributed by atoms with Gasteiger partial charge in [0, 0.05) is 6.42 Å². The molecule has 1 fully saturated rings. The highest BCUT2D eigenvalue weighted by atomic mass is 16.5. The van der Waals surface area contributed by atoms with Gasteiger partial charge in [-0.1, -0.05) is 26.2 Å². The third kappa shape index (κ3) is 6.67. The maximum atomic E-state index is 11.1. The van der Waals surface area contributed by atoms with Crippen molar-refractivity contribution in [1.29, 1.82) is 0 Å². The van der Waals surface area contributed by atoms with Gasteiger partial charge in [0.05, 0.1) is 6.10 Å². The highest BCUT2D eigenvalue weighted by Gasteiger charge is 2.19. The Morgan fingerprint density at radius 3 is 2.82 bits per heavy atom. The standard InChI is InChI=1S/C14H26O3/c1-2-3-4-7-12(15)8-5-9-13-10-6-11-14(16)17-13/h12-13,15H,2-11H2,1H3. The van der Waals surface area contributed by atoms with Crippen molar-refractivity contribution in [2.75, 3.05) is 0 Å². The van der Waals surface area contributed by atoms with Gasteiger partial charge in [-0.05, 0) is 38.5 Å². The number of hydrogen-bond acceptors (Lipinski definition) is 3. The number of esters is 1. The molecular weight excluding hydrogens is 216 g/mol. The van der Waals surface area contributed by atoms with Crippen LogP contribution in [0.3, 0.4) is 0 Å². The molecule has 0 spiro atoms. The molecule has 2 unspecified atom stereocenters. The Balaban J connectivity index is 2.00. The zero-order valence-corrected chi connectivity index (χ0v) is 11.0. The molecule has 0 amide bonds. The van der Waals surface area contributed by atoms with E-state index in [-0.39, 0.29) is 18.2 Å². The smallest absolute Gasteiger partial charge is 0.306 e. The quantitative estimate of drug-likeness (QED) is 0.525. The lowest BCUT2D eigenvalue weighted by molar-refractivity contribution is -0.154. The highest BCUT2D eigenvalue weighted by Crippen LogP contribution is 2.20. The van der Waals surface area contributed by atoms with Crippen LogP contribution in [0.2, 0.25) is 0 Å². The van der Waals surface area contributed by atoms with Gasteiger partial charge in [-0.15, -0.1) is 0 Å². The van der Waals surface area contributed by atoms with Crippen LogP contribution in [0.4, 0.5) is 0 Å². The van der Waals surface area contributed by atoms with E-state index in [0.29, 0.717) is 6.42 Å². The number of aliphatic hydroxyl groups excluding tert-OH is 1. The Labute approximate surface area is 105 Å². The van der Waals surface area contributed by atoms with Crippen LogP contribution >= 0.6 is 0 Å². The van der Waals surface area contributed by atoms with Crippen LogP contribution < -0.4 is 0 Å². The molecule has 0 radical (unpaired) electrons. The van der Waals surface area contributed by atoms with Crippen LogP contribution in [0.1, 0.15) is 71.1 Å². The molecule has 0 aliphatic carbocycles. The molecule has 0 aromatic carbocycles. The minimum Gasteiger partial charge on any atom is -0.462 e. The van der Waals surface area contributed by atoms with Crippen LogP contribution in [0.15, 0.2) is 0 Å². The Hall–Kier alpha value is -0.570. The summed E-state index contributed by atoms with van der Waals surface area (Å²) in [4.78, 5) is 11.1. The summed E-state index contributed by atoms with van der Waals surface area (Å²) in [7, 11) is 0. The summed E-state index contributed by atoms with van der Waals surface area (Å²) in [5, 5.41) is 9.75. The number of carbonyl (C=O) groups excluding carboxylic acids is 1. The predicted octanol–water partition coefficient (Wildman–Crippen LogP) is 3.19. The Morgan fingerprint density at radius 1 is 1.35 bits per heavy atom. The Kier molecular flexibility index (Phi) is 7.25. The van der Waals surface area contributed by atoms with Crippen LogP contribution in [0, 0.1) is 0 Å². The lowest BCUT2D eigenvalue weighted by atomic mass is 10.00. The van der Waals surface area contributed by atoms with Crippen LogP contribution in [0.5, 0.6) is 0 Å². The number of aliphatic hydroxyl groups is 1. The molecule has 1 heterocycles. The number of ether oxygens (including phenoxy) is 1. The van der Waals surface area contributed by atoms with Gasteiger partial charge in [-0.25, -0.2) is 0 Å². The third-order valence-corrected chi connectivity index (χ3v) is 3.41. The summed E-state index contributed by atoms with van der Waals surface area (Å²) < 4.78 is 5.25. The zero-order chi connectivity index (χ0) is 12.5. The fraction of sp³-hybridized carbons (Fsp3) is 0.929. The zero-order valence-electron chi connectivity index (χ0n) is 11.0. The number of unbranched alkanes of at least 4 members (excludes halogenated alkanes) is 2. The minimum absolute atomic E-state index is 0.0512. The second-order valence-electron chi connectivity index (χ2n) is 5.08. The van der Waals surface area contributed by atoms with E-state index in [1.807, 2.05) is 0 Å². The summed E-state index contributed by atoms with van der Waals surface area (Å²) in [6.45, 7) is 2.17. The summed E-state index contributed by atoms with van der Waals surface area (Å²) >= 11 is 0. The average Bonchev–Trinajstić information content (AvgIpc) is 2.29. The molecule has 0 bridgehead atoms. The van der Waals surface area contributed by atoms with E-state index in [2.05, 4.69) is 6.92 Å². The number of carbonyl (C=O) groups is 1. The first-order valence-electron chi connectivity index (χ1n) is 7.10. The van der Waals surface area contributed by atoms with Gasteiger partial charge >= 0.3 is 5.97 Å². The monoisotopic (exact) mass is 242 g/mol. The minimum atomic E-state index is -0.166. The summed E-state index contributed by atoms with van der Waals surface area (Å²) in [6.07, 6.45) is 9.65. The van der Waals surface area contributed by atoms with Gasteiger partial charge in [-0.3, -0.25) is 4.79 Å². The van der Waals surface area contributed by atoms with Crippen molar-refractivity contribution in [3.8, 4) is 0 Å². The molecule has 2 atom stereocenters. The van der Waals surface area contributed by atoms with Crippen molar-refractivity contribution in [3.63, 3.8) is 0 Å². The average molecular weight is 242 g/mol. The molecule has 1 aliphatic heterocycles.